The lowest BCUT2D eigenvalue weighted by Crippen LogP contribution is -2.48. The second kappa shape index (κ2) is 6.94. The lowest BCUT2D eigenvalue weighted by atomic mass is 9.90. The second-order valence-corrected chi connectivity index (χ2v) is 7.29. The van der Waals surface area contributed by atoms with Gasteiger partial charge < -0.3 is 10.6 Å². The Morgan fingerprint density at radius 1 is 1.21 bits per heavy atom. The molecular formula is C15H29ClN2O. The average Bonchev–Trinajstić information content (AvgIpc) is 2.56. The molecule has 2 aliphatic rings. The highest BCUT2D eigenvalue weighted by atomic mass is 35.5. The van der Waals surface area contributed by atoms with Crippen LogP contribution in [0.4, 0.5) is 0 Å². The predicted octanol–water partition coefficient (Wildman–Crippen LogP) is 3.02. The Labute approximate surface area is 123 Å². The van der Waals surface area contributed by atoms with Crippen molar-refractivity contribution >= 4 is 18.3 Å². The number of carbonyl (C=O) groups excluding carboxylic acids is 1. The first-order valence-electron chi connectivity index (χ1n) is 7.48. The standard InChI is InChI=1S/C15H28N2O.ClH/c1-15(2,3)8-4-5-14(18)17-13-9-11-6-7-12(10-13)16-11;/h11-13,16H,4-10H2,1-3H3,(H,17,18);1H. The normalized spacial score (nSPS) is 29.7. The summed E-state index contributed by atoms with van der Waals surface area (Å²) >= 11 is 0. The van der Waals surface area contributed by atoms with Crippen LogP contribution in [-0.4, -0.2) is 24.0 Å². The van der Waals surface area contributed by atoms with Crippen molar-refractivity contribution in [2.45, 2.75) is 83.8 Å². The van der Waals surface area contributed by atoms with Gasteiger partial charge in [-0.3, -0.25) is 4.79 Å². The maximum atomic E-state index is 11.9. The van der Waals surface area contributed by atoms with Crippen LogP contribution in [0.5, 0.6) is 0 Å². The molecule has 2 fully saturated rings. The largest absolute Gasteiger partial charge is 0.353 e. The highest BCUT2D eigenvalue weighted by molar-refractivity contribution is 5.85. The van der Waals surface area contributed by atoms with Gasteiger partial charge in [-0.15, -0.1) is 12.4 Å². The van der Waals surface area contributed by atoms with E-state index in [2.05, 4.69) is 31.4 Å². The van der Waals surface area contributed by atoms with Crippen LogP contribution < -0.4 is 10.6 Å². The van der Waals surface area contributed by atoms with Gasteiger partial charge in [-0.25, -0.2) is 0 Å². The van der Waals surface area contributed by atoms with Crippen LogP contribution in [-0.2, 0) is 4.79 Å². The molecule has 2 heterocycles. The summed E-state index contributed by atoms with van der Waals surface area (Å²) in [6.45, 7) is 6.69. The lowest BCUT2D eigenvalue weighted by molar-refractivity contribution is -0.122. The van der Waals surface area contributed by atoms with Crippen molar-refractivity contribution < 1.29 is 4.79 Å². The number of fused-ring (bicyclic) bond motifs is 2. The highest BCUT2D eigenvalue weighted by Gasteiger charge is 2.33. The first-order chi connectivity index (χ1) is 8.42. The number of piperidine rings is 1. The summed E-state index contributed by atoms with van der Waals surface area (Å²) in [5.41, 5.74) is 0.341. The Kier molecular flexibility index (Phi) is 6.13. The van der Waals surface area contributed by atoms with E-state index in [9.17, 15) is 4.79 Å². The summed E-state index contributed by atoms with van der Waals surface area (Å²) in [5.74, 6) is 0.255. The van der Waals surface area contributed by atoms with Crippen molar-refractivity contribution in [3.05, 3.63) is 0 Å². The number of halogens is 1. The molecule has 2 N–H and O–H groups in total. The van der Waals surface area contributed by atoms with Crippen molar-refractivity contribution in [1.29, 1.82) is 0 Å². The molecule has 0 aromatic carbocycles. The van der Waals surface area contributed by atoms with Gasteiger partial charge in [-0.1, -0.05) is 20.8 Å². The van der Waals surface area contributed by atoms with Crippen molar-refractivity contribution in [2.24, 2.45) is 5.41 Å². The third kappa shape index (κ3) is 5.70. The molecule has 0 aromatic rings. The third-order valence-electron chi connectivity index (χ3n) is 4.17. The fourth-order valence-electron chi connectivity index (χ4n) is 3.25. The van der Waals surface area contributed by atoms with Crippen LogP contribution in [0, 0.1) is 5.41 Å². The molecule has 112 valence electrons. The molecule has 4 heteroatoms. The Morgan fingerprint density at radius 2 is 1.79 bits per heavy atom. The fourth-order valence-corrected chi connectivity index (χ4v) is 3.25. The first-order valence-corrected chi connectivity index (χ1v) is 7.48. The van der Waals surface area contributed by atoms with Gasteiger partial charge in [0.1, 0.15) is 0 Å². The van der Waals surface area contributed by atoms with E-state index in [1.54, 1.807) is 0 Å². The molecule has 2 rings (SSSR count). The Balaban J connectivity index is 0.00000180. The summed E-state index contributed by atoms with van der Waals surface area (Å²) in [5, 5.41) is 6.83. The lowest BCUT2D eigenvalue weighted by Gasteiger charge is -2.29. The predicted molar refractivity (Wildman–Crippen MR) is 81.7 cm³/mol. The number of carbonyl (C=O) groups is 1. The van der Waals surface area contributed by atoms with E-state index in [-0.39, 0.29) is 18.3 Å². The number of hydrogen-bond donors (Lipinski definition) is 2. The van der Waals surface area contributed by atoms with E-state index < -0.39 is 0 Å². The molecule has 0 saturated carbocycles. The molecule has 0 spiro atoms. The summed E-state index contributed by atoms with van der Waals surface area (Å²) < 4.78 is 0. The summed E-state index contributed by atoms with van der Waals surface area (Å²) in [7, 11) is 0. The molecule has 0 radical (unpaired) electrons. The van der Waals surface area contributed by atoms with Crippen LogP contribution in [0.15, 0.2) is 0 Å². The molecule has 19 heavy (non-hydrogen) atoms. The van der Waals surface area contributed by atoms with Crippen molar-refractivity contribution in [1.82, 2.24) is 10.6 Å². The molecule has 1 amide bonds. The summed E-state index contributed by atoms with van der Waals surface area (Å²) in [4.78, 5) is 11.9. The van der Waals surface area contributed by atoms with E-state index in [1.165, 1.54) is 12.8 Å². The van der Waals surface area contributed by atoms with Crippen LogP contribution in [0.2, 0.25) is 0 Å². The van der Waals surface area contributed by atoms with E-state index in [4.69, 9.17) is 0 Å². The first kappa shape index (κ1) is 16.8. The van der Waals surface area contributed by atoms with Crippen LogP contribution in [0.25, 0.3) is 0 Å². The van der Waals surface area contributed by atoms with Crippen molar-refractivity contribution in [2.75, 3.05) is 0 Å². The number of rotatable bonds is 4. The van der Waals surface area contributed by atoms with Crippen LogP contribution in [0.1, 0.15) is 65.7 Å². The second-order valence-electron chi connectivity index (χ2n) is 7.29. The van der Waals surface area contributed by atoms with E-state index >= 15 is 0 Å². The summed E-state index contributed by atoms with van der Waals surface area (Å²) in [6.07, 6.45) is 7.66. The van der Waals surface area contributed by atoms with E-state index in [0.29, 0.717) is 30.0 Å². The highest BCUT2D eigenvalue weighted by Crippen LogP contribution is 2.27. The zero-order valence-electron chi connectivity index (χ0n) is 12.5. The number of nitrogens with one attached hydrogen (secondary N) is 2. The molecule has 0 aliphatic carbocycles. The minimum atomic E-state index is 0. The quantitative estimate of drug-likeness (QED) is 0.835. The van der Waals surface area contributed by atoms with Gasteiger partial charge in [0.05, 0.1) is 0 Å². The van der Waals surface area contributed by atoms with Gasteiger partial charge in [-0.2, -0.15) is 0 Å². The van der Waals surface area contributed by atoms with Gasteiger partial charge in [0, 0.05) is 24.5 Å². The van der Waals surface area contributed by atoms with Crippen LogP contribution in [0.3, 0.4) is 0 Å². The molecule has 2 saturated heterocycles. The van der Waals surface area contributed by atoms with Gasteiger partial charge >= 0.3 is 0 Å². The Morgan fingerprint density at radius 3 is 2.32 bits per heavy atom. The molecule has 2 bridgehead atoms. The molecule has 0 aromatic heterocycles. The summed E-state index contributed by atoms with van der Waals surface area (Å²) in [6, 6.07) is 1.73. The van der Waals surface area contributed by atoms with E-state index in [0.717, 1.165) is 25.7 Å². The third-order valence-corrected chi connectivity index (χ3v) is 4.17. The zero-order valence-corrected chi connectivity index (χ0v) is 13.3. The monoisotopic (exact) mass is 288 g/mol. The average molecular weight is 289 g/mol. The van der Waals surface area contributed by atoms with Gasteiger partial charge in [-0.05, 0) is 43.9 Å². The topological polar surface area (TPSA) is 41.1 Å². The Bertz CT molecular complexity index is 289. The van der Waals surface area contributed by atoms with E-state index in [1.807, 2.05) is 0 Å². The van der Waals surface area contributed by atoms with Crippen molar-refractivity contribution in [3.8, 4) is 0 Å². The zero-order chi connectivity index (χ0) is 13.2. The minimum absolute atomic E-state index is 0. The van der Waals surface area contributed by atoms with Gasteiger partial charge in [0.25, 0.3) is 0 Å². The van der Waals surface area contributed by atoms with Crippen LogP contribution >= 0.6 is 12.4 Å². The minimum Gasteiger partial charge on any atom is -0.353 e. The van der Waals surface area contributed by atoms with Gasteiger partial charge in [0.2, 0.25) is 5.91 Å². The molecule has 2 unspecified atom stereocenters. The maximum absolute atomic E-state index is 11.9. The molecule has 3 nitrogen and oxygen atoms in total. The molecule has 2 atom stereocenters. The number of hydrogen-bond acceptors (Lipinski definition) is 2. The fraction of sp³-hybridized carbons (Fsp3) is 0.933. The number of amides is 1. The smallest absolute Gasteiger partial charge is 0.220 e. The molecular weight excluding hydrogens is 260 g/mol. The maximum Gasteiger partial charge on any atom is 0.220 e. The SMILES string of the molecule is CC(C)(C)CCCC(=O)NC1CC2CCC(C1)N2.Cl. The van der Waals surface area contributed by atoms with Gasteiger partial charge in [0.15, 0.2) is 0 Å². The van der Waals surface area contributed by atoms with Crippen molar-refractivity contribution in [3.63, 3.8) is 0 Å². The Hall–Kier alpha value is -0.280. The molecule has 2 aliphatic heterocycles.